The van der Waals surface area contributed by atoms with Gasteiger partial charge in [0.1, 0.15) is 0 Å². The van der Waals surface area contributed by atoms with E-state index < -0.39 is 17.7 Å². The second-order valence-corrected chi connectivity index (χ2v) is 6.29. The Hall–Kier alpha value is -2.02. The maximum absolute atomic E-state index is 13.3. The number of rotatable bonds is 5. The third-order valence-electron chi connectivity index (χ3n) is 4.52. The molecule has 2 unspecified atom stereocenters. The number of primary amides is 1. The summed E-state index contributed by atoms with van der Waals surface area (Å²) in [5, 5.41) is 3.10. The Morgan fingerprint density at radius 1 is 1.21 bits per heavy atom. The van der Waals surface area contributed by atoms with E-state index in [-0.39, 0.29) is 23.8 Å². The lowest BCUT2D eigenvalue weighted by atomic mass is 9.96. The fourth-order valence-corrected chi connectivity index (χ4v) is 2.98. The maximum atomic E-state index is 13.3. The fourth-order valence-electron chi connectivity index (χ4n) is 2.98. The Kier molecular flexibility index (Phi) is 5.88. The number of nitrogens with zero attached hydrogens (tertiary/aromatic N) is 1. The van der Waals surface area contributed by atoms with Crippen LogP contribution in [0, 0.1) is 17.6 Å². The SMILES string of the molecule is CC(NC(C)c1ccc(F)c(F)c1)C(=O)N1CCC(C(N)=O)CC1. The summed E-state index contributed by atoms with van der Waals surface area (Å²) >= 11 is 0. The number of amides is 2. The van der Waals surface area contributed by atoms with Crippen LogP contribution in [0.1, 0.15) is 38.3 Å². The average molecular weight is 339 g/mol. The number of benzene rings is 1. The van der Waals surface area contributed by atoms with E-state index in [0.29, 0.717) is 31.5 Å². The van der Waals surface area contributed by atoms with Crippen LogP contribution >= 0.6 is 0 Å². The molecule has 24 heavy (non-hydrogen) atoms. The second-order valence-electron chi connectivity index (χ2n) is 6.29. The van der Waals surface area contributed by atoms with E-state index >= 15 is 0 Å². The zero-order valence-corrected chi connectivity index (χ0v) is 13.9. The van der Waals surface area contributed by atoms with Crippen LogP contribution in [0.2, 0.25) is 0 Å². The molecular weight excluding hydrogens is 316 g/mol. The minimum Gasteiger partial charge on any atom is -0.369 e. The van der Waals surface area contributed by atoms with E-state index in [4.69, 9.17) is 5.73 Å². The highest BCUT2D eigenvalue weighted by Crippen LogP contribution is 2.19. The predicted molar refractivity (Wildman–Crippen MR) is 85.9 cm³/mol. The molecule has 0 radical (unpaired) electrons. The summed E-state index contributed by atoms with van der Waals surface area (Å²) in [5.41, 5.74) is 5.86. The van der Waals surface area contributed by atoms with Crippen LogP contribution in [0.15, 0.2) is 18.2 Å². The number of likely N-dealkylation sites (tertiary alicyclic amines) is 1. The third-order valence-corrected chi connectivity index (χ3v) is 4.52. The molecule has 0 aromatic heterocycles. The molecule has 2 amide bonds. The Morgan fingerprint density at radius 2 is 1.83 bits per heavy atom. The molecule has 0 aliphatic carbocycles. The summed E-state index contributed by atoms with van der Waals surface area (Å²) < 4.78 is 26.3. The lowest BCUT2D eigenvalue weighted by Crippen LogP contribution is -2.49. The van der Waals surface area contributed by atoms with Crippen molar-refractivity contribution in [1.82, 2.24) is 10.2 Å². The Balaban J connectivity index is 1.91. The second kappa shape index (κ2) is 7.70. The van der Waals surface area contributed by atoms with Crippen molar-refractivity contribution >= 4 is 11.8 Å². The van der Waals surface area contributed by atoms with Crippen LogP contribution in [0.3, 0.4) is 0 Å². The molecule has 1 aliphatic heterocycles. The summed E-state index contributed by atoms with van der Waals surface area (Å²) in [6.45, 7) is 4.52. The number of carbonyl (C=O) groups excluding carboxylic acids is 2. The number of halogens is 2. The maximum Gasteiger partial charge on any atom is 0.239 e. The smallest absolute Gasteiger partial charge is 0.239 e. The van der Waals surface area contributed by atoms with Crippen LogP contribution in [-0.4, -0.2) is 35.8 Å². The molecule has 1 aromatic carbocycles. The molecule has 0 saturated carbocycles. The van der Waals surface area contributed by atoms with Gasteiger partial charge in [0.25, 0.3) is 0 Å². The van der Waals surface area contributed by atoms with Gasteiger partial charge in [0.15, 0.2) is 11.6 Å². The zero-order chi connectivity index (χ0) is 17.9. The van der Waals surface area contributed by atoms with E-state index in [1.54, 1.807) is 18.7 Å². The number of nitrogens with one attached hydrogen (secondary N) is 1. The fraction of sp³-hybridized carbons (Fsp3) is 0.529. The van der Waals surface area contributed by atoms with Gasteiger partial charge in [0.2, 0.25) is 11.8 Å². The zero-order valence-electron chi connectivity index (χ0n) is 13.9. The minimum atomic E-state index is -0.909. The van der Waals surface area contributed by atoms with E-state index in [1.165, 1.54) is 6.07 Å². The summed E-state index contributed by atoms with van der Waals surface area (Å²) in [4.78, 5) is 25.3. The first kappa shape index (κ1) is 18.3. The van der Waals surface area contributed by atoms with Crippen molar-refractivity contribution in [1.29, 1.82) is 0 Å². The monoisotopic (exact) mass is 339 g/mol. The quantitative estimate of drug-likeness (QED) is 0.858. The Labute approximate surface area is 140 Å². The summed E-state index contributed by atoms with van der Waals surface area (Å²) in [5.74, 6) is -2.37. The molecule has 0 spiro atoms. The van der Waals surface area contributed by atoms with Crippen molar-refractivity contribution < 1.29 is 18.4 Å². The number of nitrogens with two attached hydrogens (primary N) is 1. The summed E-state index contributed by atoms with van der Waals surface area (Å²) in [6.07, 6.45) is 1.15. The van der Waals surface area contributed by atoms with E-state index in [2.05, 4.69) is 5.32 Å². The van der Waals surface area contributed by atoms with Crippen molar-refractivity contribution in [3.05, 3.63) is 35.4 Å². The molecule has 1 saturated heterocycles. The molecule has 132 valence electrons. The molecule has 1 fully saturated rings. The molecule has 0 bridgehead atoms. The van der Waals surface area contributed by atoms with Crippen LogP contribution < -0.4 is 11.1 Å². The van der Waals surface area contributed by atoms with Crippen molar-refractivity contribution in [2.75, 3.05) is 13.1 Å². The van der Waals surface area contributed by atoms with Gasteiger partial charge in [-0.3, -0.25) is 14.9 Å². The van der Waals surface area contributed by atoms with Crippen LogP contribution in [0.4, 0.5) is 8.78 Å². The van der Waals surface area contributed by atoms with Crippen LogP contribution in [0.25, 0.3) is 0 Å². The predicted octanol–water partition coefficient (Wildman–Crippen LogP) is 1.73. The first-order valence-corrected chi connectivity index (χ1v) is 8.08. The standard InChI is InChI=1S/C17H23F2N3O2/c1-10(13-3-4-14(18)15(19)9-13)21-11(2)17(24)22-7-5-12(6-8-22)16(20)23/h3-4,9-12,21H,5-8H2,1-2H3,(H2,20,23). The topological polar surface area (TPSA) is 75.4 Å². The lowest BCUT2D eigenvalue weighted by Gasteiger charge is -2.33. The first-order valence-electron chi connectivity index (χ1n) is 8.08. The first-order chi connectivity index (χ1) is 11.3. The summed E-state index contributed by atoms with van der Waals surface area (Å²) in [6, 6.07) is 2.92. The van der Waals surface area contributed by atoms with Gasteiger partial charge in [0, 0.05) is 25.0 Å². The van der Waals surface area contributed by atoms with Crippen molar-refractivity contribution in [2.24, 2.45) is 11.7 Å². The van der Waals surface area contributed by atoms with Crippen LogP contribution in [0.5, 0.6) is 0 Å². The van der Waals surface area contributed by atoms with Gasteiger partial charge in [0.05, 0.1) is 6.04 Å². The molecular formula is C17H23F2N3O2. The number of carbonyl (C=O) groups is 2. The van der Waals surface area contributed by atoms with Gasteiger partial charge in [-0.25, -0.2) is 8.78 Å². The van der Waals surface area contributed by atoms with E-state index in [1.807, 2.05) is 0 Å². The van der Waals surface area contributed by atoms with E-state index in [9.17, 15) is 18.4 Å². The normalized spacial score (nSPS) is 18.2. The molecule has 3 N–H and O–H groups in total. The average Bonchev–Trinajstić information content (AvgIpc) is 2.56. The van der Waals surface area contributed by atoms with Gasteiger partial charge >= 0.3 is 0 Å². The highest BCUT2D eigenvalue weighted by Gasteiger charge is 2.28. The largest absolute Gasteiger partial charge is 0.369 e. The molecule has 5 nitrogen and oxygen atoms in total. The summed E-state index contributed by atoms with van der Waals surface area (Å²) in [7, 11) is 0. The van der Waals surface area contributed by atoms with Crippen molar-refractivity contribution in [3.63, 3.8) is 0 Å². The van der Waals surface area contributed by atoms with Crippen molar-refractivity contribution in [2.45, 2.75) is 38.8 Å². The van der Waals surface area contributed by atoms with Crippen LogP contribution in [-0.2, 0) is 9.59 Å². The van der Waals surface area contributed by atoms with Gasteiger partial charge < -0.3 is 10.6 Å². The Morgan fingerprint density at radius 3 is 2.38 bits per heavy atom. The number of hydrogen-bond donors (Lipinski definition) is 2. The van der Waals surface area contributed by atoms with E-state index in [0.717, 1.165) is 12.1 Å². The molecule has 1 heterocycles. The van der Waals surface area contributed by atoms with Gasteiger partial charge in [-0.05, 0) is 44.4 Å². The number of piperidine rings is 1. The number of hydrogen-bond acceptors (Lipinski definition) is 3. The lowest BCUT2D eigenvalue weighted by molar-refractivity contribution is -0.136. The van der Waals surface area contributed by atoms with Gasteiger partial charge in [-0.1, -0.05) is 6.07 Å². The molecule has 1 aliphatic rings. The van der Waals surface area contributed by atoms with Crippen molar-refractivity contribution in [3.8, 4) is 0 Å². The molecule has 1 aromatic rings. The highest BCUT2D eigenvalue weighted by molar-refractivity contribution is 5.82. The molecule has 7 heteroatoms. The Bertz CT molecular complexity index is 616. The molecule has 2 atom stereocenters. The molecule has 2 rings (SSSR count). The third kappa shape index (κ3) is 4.29. The van der Waals surface area contributed by atoms with Gasteiger partial charge in [-0.15, -0.1) is 0 Å². The minimum absolute atomic E-state index is 0.0765. The highest BCUT2D eigenvalue weighted by atomic mass is 19.2. The van der Waals surface area contributed by atoms with Gasteiger partial charge in [-0.2, -0.15) is 0 Å².